The first-order chi connectivity index (χ1) is 10.2. The lowest BCUT2D eigenvalue weighted by Crippen LogP contribution is -2.44. The van der Waals surface area contributed by atoms with Crippen molar-refractivity contribution in [1.29, 1.82) is 0 Å². The van der Waals surface area contributed by atoms with E-state index < -0.39 is 0 Å². The Morgan fingerprint density at radius 2 is 2.38 bits per heavy atom. The summed E-state index contributed by atoms with van der Waals surface area (Å²) in [6.07, 6.45) is 3.28. The SMILES string of the molecule is Cc1nnc2ccc(N[C@H]3CCO[C@@]4(CCSC4)C3)nn12. The first-order valence-corrected chi connectivity index (χ1v) is 8.57. The number of nitrogens with zero attached hydrogens (tertiary/aromatic N) is 4. The Labute approximate surface area is 127 Å². The molecule has 4 rings (SSSR count). The zero-order valence-electron chi connectivity index (χ0n) is 12.1. The maximum Gasteiger partial charge on any atom is 0.178 e. The minimum Gasteiger partial charge on any atom is -0.374 e. The monoisotopic (exact) mass is 305 g/mol. The van der Waals surface area contributed by atoms with Crippen LogP contribution < -0.4 is 5.32 Å². The summed E-state index contributed by atoms with van der Waals surface area (Å²) in [6.45, 7) is 2.75. The fraction of sp³-hybridized carbons (Fsp3) is 0.643. The number of nitrogens with one attached hydrogen (secondary N) is 1. The lowest BCUT2D eigenvalue weighted by Gasteiger charge is -2.38. The third-order valence-electron chi connectivity index (χ3n) is 4.33. The zero-order chi connectivity index (χ0) is 14.3. The number of fused-ring (bicyclic) bond motifs is 1. The number of ether oxygens (including phenoxy) is 1. The van der Waals surface area contributed by atoms with E-state index in [9.17, 15) is 0 Å². The summed E-state index contributed by atoms with van der Waals surface area (Å²) in [4.78, 5) is 0. The molecule has 2 aliphatic rings. The van der Waals surface area contributed by atoms with E-state index in [1.54, 1.807) is 4.52 Å². The van der Waals surface area contributed by atoms with E-state index in [4.69, 9.17) is 4.74 Å². The minimum absolute atomic E-state index is 0.0944. The molecule has 6 nitrogen and oxygen atoms in total. The molecule has 0 saturated carbocycles. The van der Waals surface area contributed by atoms with Crippen molar-refractivity contribution in [1.82, 2.24) is 19.8 Å². The van der Waals surface area contributed by atoms with E-state index in [1.165, 1.54) is 12.2 Å². The quantitative estimate of drug-likeness (QED) is 0.914. The summed E-state index contributed by atoms with van der Waals surface area (Å²) in [6, 6.07) is 4.37. The summed E-state index contributed by atoms with van der Waals surface area (Å²) in [5, 5.41) is 16.2. The standard InChI is InChI=1S/C14H19N5OS/c1-10-16-17-13-3-2-12(18-19(10)13)15-11-4-6-20-14(8-11)5-7-21-9-14/h2-3,11H,4-9H2,1H3,(H,15,18)/t11-,14-/m0/s1. The number of anilines is 1. The summed E-state index contributed by atoms with van der Waals surface area (Å²) < 4.78 is 7.85. The van der Waals surface area contributed by atoms with Gasteiger partial charge in [-0.05, 0) is 44.1 Å². The molecular weight excluding hydrogens is 286 g/mol. The highest BCUT2D eigenvalue weighted by Gasteiger charge is 2.40. The van der Waals surface area contributed by atoms with Gasteiger partial charge < -0.3 is 10.1 Å². The van der Waals surface area contributed by atoms with E-state index >= 15 is 0 Å². The third-order valence-corrected chi connectivity index (χ3v) is 5.55. The van der Waals surface area contributed by atoms with Gasteiger partial charge in [-0.3, -0.25) is 0 Å². The van der Waals surface area contributed by atoms with Crippen LogP contribution in [0.1, 0.15) is 25.1 Å². The van der Waals surface area contributed by atoms with Crippen LogP contribution in [0, 0.1) is 6.92 Å². The van der Waals surface area contributed by atoms with E-state index in [2.05, 4.69) is 20.6 Å². The number of aromatic nitrogens is 4. The van der Waals surface area contributed by atoms with Gasteiger partial charge in [-0.1, -0.05) is 0 Å². The molecule has 1 N–H and O–H groups in total. The van der Waals surface area contributed by atoms with Gasteiger partial charge in [0, 0.05) is 18.4 Å². The van der Waals surface area contributed by atoms with Gasteiger partial charge in [-0.2, -0.15) is 16.3 Å². The number of hydrogen-bond acceptors (Lipinski definition) is 6. The minimum atomic E-state index is 0.0944. The van der Waals surface area contributed by atoms with Gasteiger partial charge in [0.05, 0.1) is 5.60 Å². The largest absolute Gasteiger partial charge is 0.374 e. The second-order valence-electron chi connectivity index (χ2n) is 5.90. The highest BCUT2D eigenvalue weighted by molar-refractivity contribution is 7.99. The Balaban J connectivity index is 1.52. The Kier molecular flexibility index (Phi) is 3.26. The van der Waals surface area contributed by atoms with Crippen LogP contribution in [0.25, 0.3) is 5.65 Å². The van der Waals surface area contributed by atoms with E-state index in [1.807, 2.05) is 30.8 Å². The van der Waals surface area contributed by atoms with Crippen molar-refractivity contribution in [3.05, 3.63) is 18.0 Å². The highest BCUT2D eigenvalue weighted by atomic mass is 32.2. The fourth-order valence-electron chi connectivity index (χ4n) is 3.20. The molecule has 2 saturated heterocycles. The van der Waals surface area contributed by atoms with Gasteiger partial charge in [0.2, 0.25) is 0 Å². The first-order valence-electron chi connectivity index (χ1n) is 7.41. The number of aryl methyl sites for hydroxylation is 1. The van der Waals surface area contributed by atoms with E-state index in [0.29, 0.717) is 6.04 Å². The molecular formula is C14H19N5OS. The van der Waals surface area contributed by atoms with Gasteiger partial charge in [0.1, 0.15) is 5.82 Å². The van der Waals surface area contributed by atoms with Gasteiger partial charge >= 0.3 is 0 Å². The van der Waals surface area contributed by atoms with Crippen molar-refractivity contribution in [3.8, 4) is 0 Å². The molecule has 2 aromatic heterocycles. The van der Waals surface area contributed by atoms with Crippen LogP contribution in [0.3, 0.4) is 0 Å². The maximum atomic E-state index is 6.06. The van der Waals surface area contributed by atoms with E-state index in [-0.39, 0.29) is 5.60 Å². The topological polar surface area (TPSA) is 64.3 Å². The molecule has 112 valence electrons. The Morgan fingerprint density at radius 3 is 3.24 bits per heavy atom. The normalized spacial score (nSPS) is 29.3. The lowest BCUT2D eigenvalue weighted by atomic mass is 9.90. The molecule has 0 unspecified atom stereocenters. The first kappa shape index (κ1) is 13.3. The molecule has 0 bridgehead atoms. The van der Waals surface area contributed by atoms with Gasteiger partial charge in [-0.25, -0.2) is 0 Å². The Bertz CT molecular complexity index is 652. The van der Waals surface area contributed by atoms with Crippen LogP contribution in [0.15, 0.2) is 12.1 Å². The number of hydrogen-bond donors (Lipinski definition) is 1. The van der Waals surface area contributed by atoms with Crippen molar-refractivity contribution in [2.75, 3.05) is 23.4 Å². The molecule has 21 heavy (non-hydrogen) atoms. The van der Waals surface area contributed by atoms with Crippen molar-refractivity contribution in [3.63, 3.8) is 0 Å². The third kappa shape index (κ3) is 2.48. The van der Waals surface area contributed by atoms with Crippen molar-refractivity contribution >= 4 is 23.2 Å². The summed E-state index contributed by atoms with van der Waals surface area (Å²) in [5.74, 6) is 4.04. The van der Waals surface area contributed by atoms with Gasteiger partial charge in [0.15, 0.2) is 11.5 Å². The zero-order valence-corrected chi connectivity index (χ0v) is 12.9. The Hall–Kier alpha value is -1.34. The predicted molar refractivity (Wildman–Crippen MR) is 82.8 cm³/mol. The lowest BCUT2D eigenvalue weighted by molar-refractivity contribution is -0.0628. The molecule has 0 amide bonds. The molecule has 7 heteroatoms. The average Bonchev–Trinajstić information content (AvgIpc) is 3.07. The molecule has 0 aromatic carbocycles. The van der Waals surface area contributed by atoms with Crippen LogP contribution in [-0.4, -0.2) is 49.6 Å². The molecule has 4 heterocycles. The predicted octanol–water partition coefficient (Wildman–Crippen LogP) is 1.90. The van der Waals surface area contributed by atoms with Gasteiger partial charge in [0.25, 0.3) is 0 Å². The average molecular weight is 305 g/mol. The second kappa shape index (κ2) is 5.14. The van der Waals surface area contributed by atoms with Gasteiger partial charge in [-0.15, -0.1) is 15.3 Å². The molecule has 2 atom stereocenters. The molecule has 2 aromatic rings. The van der Waals surface area contributed by atoms with Crippen LogP contribution in [0.5, 0.6) is 0 Å². The van der Waals surface area contributed by atoms with Crippen LogP contribution >= 0.6 is 11.8 Å². The number of rotatable bonds is 2. The van der Waals surface area contributed by atoms with Crippen molar-refractivity contribution in [2.24, 2.45) is 0 Å². The summed E-state index contributed by atoms with van der Waals surface area (Å²) in [7, 11) is 0. The molecule has 2 fully saturated rings. The van der Waals surface area contributed by atoms with Crippen molar-refractivity contribution in [2.45, 2.75) is 37.8 Å². The second-order valence-corrected chi connectivity index (χ2v) is 7.01. The fourth-order valence-corrected chi connectivity index (χ4v) is 4.57. The molecule has 0 radical (unpaired) electrons. The summed E-state index contributed by atoms with van der Waals surface area (Å²) >= 11 is 2.00. The van der Waals surface area contributed by atoms with Crippen LogP contribution in [0.2, 0.25) is 0 Å². The maximum absolute atomic E-state index is 6.06. The van der Waals surface area contributed by atoms with Crippen molar-refractivity contribution < 1.29 is 4.74 Å². The highest BCUT2D eigenvalue weighted by Crippen LogP contribution is 2.38. The smallest absolute Gasteiger partial charge is 0.178 e. The molecule has 1 spiro atoms. The molecule has 0 aliphatic carbocycles. The summed E-state index contributed by atoms with van der Waals surface area (Å²) in [5.41, 5.74) is 0.880. The Morgan fingerprint density at radius 1 is 1.43 bits per heavy atom. The van der Waals surface area contributed by atoms with E-state index in [0.717, 1.165) is 42.5 Å². The number of thioether (sulfide) groups is 1. The molecule has 2 aliphatic heterocycles. The van der Waals surface area contributed by atoms with Crippen LogP contribution in [0.4, 0.5) is 5.82 Å². The van der Waals surface area contributed by atoms with Crippen LogP contribution in [-0.2, 0) is 4.74 Å².